The van der Waals surface area contributed by atoms with E-state index in [9.17, 15) is 13.2 Å². The van der Waals surface area contributed by atoms with Crippen LogP contribution in [0.1, 0.15) is 43.7 Å². The highest BCUT2D eigenvalue weighted by molar-refractivity contribution is 7.91. The number of hydrogen-bond donors (Lipinski definition) is 1. The van der Waals surface area contributed by atoms with Gasteiger partial charge in [0.05, 0.1) is 10.9 Å². The second kappa shape index (κ2) is 7.70. The molecule has 0 unspecified atom stereocenters. The van der Waals surface area contributed by atoms with E-state index in [1.807, 2.05) is 13.0 Å². The Morgan fingerprint density at radius 3 is 2.50 bits per heavy atom. The summed E-state index contributed by atoms with van der Waals surface area (Å²) in [6.45, 7) is 1.90. The first-order valence-corrected chi connectivity index (χ1v) is 12.3. The Kier molecular flexibility index (Phi) is 4.97. The van der Waals surface area contributed by atoms with Crippen LogP contribution in [0.5, 0.6) is 0 Å². The van der Waals surface area contributed by atoms with Crippen molar-refractivity contribution in [1.82, 2.24) is 9.38 Å². The van der Waals surface area contributed by atoms with Crippen LogP contribution in [-0.2, 0) is 9.84 Å². The van der Waals surface area contributed by atoms with Gasteiger partial charge in [-0.3, -0.25) is 9.20 Å². The summed E-state index contributed by atoms with van der Waals surface area (Å²) in [5, 5.41) is 0.252. The maximum absolute atomic E-state index is 13.5. The highest BCUT2D eigenvalue weighted by atomic mass is 32.2. The van der Waals surface area contributed by atoms with E-state index >= 15 is 0 Å². The SMILES string of the molecule is Cc1ccc2nc3c(cc(S(=O)(=O)c4ccccc4)c(N)[n+]3C3CCCCC3)c(=O)n2c1. The molecule has 1 aliphatic rings. The number of fused-ring (bicyclic) bond motifs is 2. The van der Waals surface area contributed by atoms with Gasteiger partial charge in [0.2, 0.25) is 21.3 Å². The van der Waals surface area contributed by atoms with Crippen molar-refractivity contribution < 1.29 is 13.0 Å². The summed E-state index contributed by atoms with van der Waals surface area (Å²) in [6.07, 6.45) is 6.65. The second-order valence-electron chi connectivity index (χ2n) is 8.46. The Labute approximate surface area is 186 Å². The summed E-state index contributed by atoms with van der Waals surface area (Å²) in [4.78, 5) is 18.3. The van der Waals surface area contributed by atoms with E-state index in [1.165, 1.54) is 10.5 Å². The highest BCUT2D eigenvalue weighted by Crippen LogP contribution is 2.31. The fourth-order valence-electron chi connectivity index (χ4n) is 4.65. The van der Waals surface area contributed by atoms with Crippen LogP contribution in [0.2, 0.25) is 0 Å². The summed E-state index contributed by atoms with van der Waals surface area (Å²) < 4.78 is 30.3. The molecule has 2 N–H and O–H groups in total. The van der Waals surface area contributed by atoms with Crippen LogP contribution in [0.25, 0.3) is 16.7 Å². The van der Waals surface area contributed by atoms with Crippen molar-refractivity contribution in [2.75, 3.05) is 5.73 Å². The van der Waals surface area contributed by atoms with Crippen LogP contribution in [0.4, 0.5) is 5.82 Å². The summed E-state index contributed by atoms with van der Waals surface area (Å²) in [6, 6.07) is 13.3. The second-order valence-corrected chi connectivity index (χ2v) is 10.4. The maximum atomic E-state index is 13.5. The van der Waals surface area contributed by atoms with Crippen molar-refractivity contribution in [3.05, 3.63) is 70.6 Å². The number of nitrogens with zero attached hydrogens (tertiary/aromatic N) is 3. The lowest BCUT2D eigenvalue weighted by atomic mass is 9.95. The first-order valence-electron chi connectivity index (χ1n) is 10.8. The molecule has 1 saturated carbocycles. The number of rotatable bonds is 3. The molecule has 164 valence electrons. The van der Waals surface area contributed by atoms with Crippen LogP contribution in [0, 0.1) is 6.92 Å². The van der Waals surface area contributed by atoms with Gasteiger partial charge in [0, 0.05) is 6.20 Å². The number of aryl methyl sites for hydroxylation is 1. The third-order valence-corrected chi connectivity index (χ3v) is 8.08. The first-order chi connectivity index (χ1) is 15.4. The highest BCUT2D eigenvalue weighted by Gasteiger charge is 2.32. The number of sulfone groups is 1. The lowest BCUT2D eigenvalue weighted by Gasteiger charge is -2.24. The molecule has 1 fully saturated rings. The molecule has 0 bridgehead atoms. The summed E-state index contributed by atoms with van der Waals surface area (Å²) in [5.41, 5.74) is 8.11. The molecule has 0 spiro atoms. The molecule has 3 heterocycles. The molecule has 1 aromatic carbocycles. The molecule has 32 heavy (non-hydrogen) atoms. The summed E-state index contributed by atoms with van der Waals surface area (Å²) in [7, 11) is -3.92. The monoisotopic (exact) mass is 449 g/mol. The van der Waals surface area contributed by atoms with Crippen molar-refractivity contribution in [3.8, 4) is 0 Å². The van der Waals surface area contributed by atoms with Crippen LogP contribution in [0.15, 0.2) is 69.3 Å². The Morgan fingerprint density at radius 2 is 1.78 bits per heavy atom. The lowest BCUT2D eigenvalue weighted by molar-refractivity contribution is -0.690. The molecule has 0 aliphatic heterocycles. The minimum Gasteiger partial charge on any atom is -0.317 e. The molecule has 0 amide bonds. The number of nitrogens with two attached hydrogens (primary N) is 1. The van der Waals surface area contributed by atoms with E-state index in [0.29, 0.717) is 11.3 Å². The number of pyridine rings is 2. The third-order valence-electron chi connectivity index (χ3n) is 6.28. The predicted octanol–water partition coefficient (Wildman–Crippen LogP) is 3.36. The van der Waals surface area contributed by atoms with E-state index in [4.69, 9.17) is 10.7 Å². The molecular formula is C24H25N4O3S+. The maximum Gasteiger partial charge on any atom is 0.278 e. The average Bonchev–Trinajstić information content (AvgIpc) is 2.80. The Bertz CT molecular complexity index is 1510. The molecular weight excluding hydrogens is 424 g/mol. The largest absolute Gasteiger partial charge is 0.317 e. The number of hydrogen-bond acceptors (Lipinski definition) is 5. The fourth-order valence-corrected chi connectivity index (χ4v) is 6.06. The molecule has 1 aliphatic carbocycles. The fraction of sp³-hybridized carbons (Fsp3) is 0.292. The molecule has 3 aromatic heterocycles. The van der Waals surface area contributed by atoms with Gasteiger partial charge in [0.25, 0.3) is 11.2 Å². The lowest BCUT2D eigenvalue weighted by Crippen LogP contribution is -2.46. The van der Waals surface area contributed by atoms with Crippen LogP contribution in [-0.4, -0.2) is 17.8 Å². The normalized spacial score (nSPS) is 15.4. The number of aromatic nitrogens is 3. The molecule has 7 nitrogen and oxygen atoms in total. The zero-order valence-corrected chi connectivity index (χ0v) is 18.7. The smallest absolute Gasteiger partial charge is 0.278 e. The average molecular weight is 450 g/mol. The standard InChI is InChI=1S/C24H24N4O3S/c1-16-12-13-21-26-23-19(24(29)27(21)15-16)14-20(32(30,31)18-10-6-3-7-11-18)22(25)28(23)17-8-4-2-5-9-17/h3,6-7,10-15,17,25H,2,4-5,8-9H2,1H3/p+1. The van der Waals surface area contributed by atoms with Gasteiger partial charge in [-0.25, -0.2) is 13.0 Å². The van der Waals surface area contributed by atoms with E-state index in [2.05, 4.69) is 0 Å². The zero-order valence-electron chi connectivity index (χ0n) is 17.9. The zero-order chi connectivity index (χ0) is 22.5. The van der Waals surface area contributed by atoms with E-state index in [0.717, 1.165) is 37.7 Å². The van der Waals surface area contributed by atoms with Gasteiger partial charge < -0.3 is 5.73 Å². The van der Waals surface area contributed by atoms with Gasteiger partial charge in [-0.15, -0.1) is 0 Å². The molecule has 0 saturated heterocycles. The minimum atomic E-state index is -3.92. The minimum absolute atomic E-state index is 0.00280. The molecule has 0 radical (unpaired) electrons. The van der Waals surface area contributed by atoms with Gasteiger partial charge in [-0.05, 0) is 62.4 Å². The van der Waals surface area contributed by atoms with E-state index in [-0.39, 0.29) is 32.6 Å². The van der Waals surface area contributed by atoms with Crippen molar-refractivity contribution >= 4 is 32.3 Å². The topological polar surface area (TPSA) is 98.4 Å². The summed E-state index contributed by atoms with van der Waals surface area (Å²) >= 11 is 0. The third kappa shape index (κ3) is 3.26. The summed E-state index contributed by atoms with van der Waals surface area (Å²) in [5.74, 6) is 0.136. The van der Waals surface area contributed by atoms with Crippen LogP contribution in [0.3, 0.4) is 0 Å². The van der Waals surface area contributed by atoms with Gasteiger partial charge >= 0.3 is 0 Å². The quantitative estimate of drug-likeness (QED) is 0.382. The number of anilines is 1. The van der Waals surface area contributed by atoms with Gasteiger partial charge in [-0.1, -0.05) is 35.7 Å². The Balaban J connectivity index is 1.90. The van der Waals surface area contributed by atoms with Crippen LogP contribution >= 0.6 is 0 Å². The van der Waals surface area contributed by atoms with Crippen molar-refractivity contribution in [2.45, 2.75) is 54.9 Å². The van der Waals surface area contributed by atoms with Crippen molar-refractivity contribution in [2.24, 2.45) is 0 Å². The first kappa shape index (κ1) is 20.6. The Hall–Kier alpha value is -3.26. The van der Waals surface area contributed by atoms with Crippen molar-refractivity contribution in [1.29, 1.82) is 0 Å². The van der Waals surface area contributed by atoms with E-state index < -0.39 is 9.84 Å². The number of benzene rings is 1. The predicted molar refractivity (Wildman–Crippen MR) is 122 cm³/mol. The van der Waals surface area contributed by atoms with Crippen molar-refractivity contribution in [3.63, 3.8) is 0 Å². The molecule has 0 atom stereocenters. The molecule has 5 rings (SSSR count). The van der Waals surface area contributed by atoms with Gasteiger partial charge in [-0.2, -0.15) is 0 Å². The number of nitrogen functional groups attached to an aromatic ring is 1. The van der Waals surface area contributed by atoms with Crippen LogP contribution < -0.4 is 15.9 Å². The van der Waals surface area contributed by atoms with Gasteiger partial charge in [0.1, 0.15) is 10.3 Å². The van der Waals surface area contributed by atoms with Gasteiger partial charge in [0.15, 0.2) is 0 Å². The van der Waals surface area contributed by atoms with E-state index in [1.54, 1.807) is 47.2 Å². The Morgan fingerprint density at radius 1 is 1.06 bits per heavy atom. The molecule has 4 aromatic rings. The molecule has 8 heteroatoms.